The molecule has 0 heterocycles. The van der Waals surface area contributed by atoms with Gasteiger partial charge >= 0.3 is 11.9 Å². The molecule has 0 aromatic carbocycles. The first kappa shape index (κ1) is 28.2. The maximum absolute atomic E-state index is 11.9. The molecule has 0 unspecified atom stereocenters. The average molecular weight is 527 g/mol. The Kier molecular flexibility index (Phi) is 6.76. The molecule has 10 atom stereocenters. The van der Waals surface area contributed by atoms with Crippen LogP contribution in [-0.2, 0) is 19.1 Å². The van der Waals surface area contributed by atoms with Gasteiger partial charge in [0.25, 0.3) is 0 Å². The summed E-state index contributed by atoms with van der Waals surface area (Å²) in [6.45, 7) is 23.1. The zero-order valence-corrected chi connectivity index (χ0v) is 25.6. The van der Waals surface area contributed by atoms with E-state index in [1.165, 1.54) is 56.9 Å². The molecule has 0 spiro atoms. The number of hydrogen-bond donors (Lipinski definition) is 0. The Balaban J connectivity index is 1.49. The zero-order valence-electron chi connectivity index (χ0n) is 25.6. The van der Waals surface area contributed by atoms with Gasteiger partial charge in [0, 0.05) is 24.7 Å². The number of carbonyl (C=O) groups is 2. The first-order valence-corrected chi connectivity index (χ1v) is 15.6. The van der Waals surface area contributed by atoms with E-state index in [1.54, 1.807) is 13.8 Å². The maximum atomic E-state index is 11.9. The van der Waals surface area contributed by atoms with Crippen LogP contribution in [-0.4, -0.2) is 24.6 Å². The molecule has 0 aromatic rings. The molecule has 0 N–H and O–H groups in total. The molecule has 5 aliphatic rings. The minimum Gasteiger partial charge on any atom is -0.465 e. The molecule has 0 saturated heterocycles. The van der Waals surface area contributed by atoms with Gasteiger partial charge < -0.3 is 9.47 Å². The van der Waals surface area contributed by atoms with Crippen molar-refractivity contribution in [2.45, 2.75) is 126 Å². The van der Waals surface area contributed by atoms with Crippen LogP contribution in [0, 0.1) is 56.7 Å². The standard InChI is InChI=1S/C34H54O4/c1-21(2)24-12-17-34(20-37-22(3)35)19-18-32(8)25(29(24)34)10-11-27-31(7)15-14-28(38-23(4)36)30(5,6)26(31)13-16-33(27,32)9/h24-29H,1,10-20H2,2-9H3/t24-,25-,26+,27-,28+,29+,31+,32-,33-,34-/m1/s1. The Labute approximate surface area is 232 Å². The molecule has 0 aromatic heterocycles. The summed E-state index contributed by atoms with van der Waals surface area (Å²) in [5, 5.41) is 0. The molecule has 4 heteroatoms. The highest BCUT2D eigenvalue weighted by Crippen LogP contribution is 2.77. The SMILES string of the molecule is C=C(C)[C@H]1CC[C@]2(COC(C)=O)CC[C@]3(C)[C@H](CC[C@@H]4[C@@]5(C)CC[C@H](OC(C)=O)C(C)(C)[C@@H]5CC[C@]43C)[C@H]12. The highest BCUT2D eigenvalue weighted by Gasteiger charge is 2.71. The predicted octanol–water partition coefficient (Wildman–Crippen LogP) is 8.14. The molecular weight excluding hydrogens is 472 g/mol. The normalized spacial score (nSPS) is 49.1. The summed E-state index contributed by atoms with van der Waals surface area (Å²) in [5.41, 5.74) is 2.30. The number of rotatable bonds is 4. The van der Waals surface area contributed by atoms with Gasteiger partial charge in [0.2, 0.25) is 0 Å². The monoisotopic (exact) mass is 526 g/mol. The van der Waals surface area contributed by atoms with Crippen LogP contribution in [0.25, 0.3) is 0 Å². The third kappa shape index (κ3) is 3.80. The lowest BCUT2D eigenvalue weighted by atomic mass is 9.32. The first-order chi connectivity index (χ1) is 17.6. The van der Waals surface area contributed by atoms with Crippen LogP contribution in [0.4, 0.5) is 0 Å². The van der Waals surface area contributed by atoms with Gasteiger partial charge in [-0.2, -0.15) is 0 Å². The number of carbonyl (C=O) groups excluding carboxylic acids is 2. The van der Waals surface area contributed by atoms with Crippen molar-refractivity contribution >= 4 is 11.9 Å². The lowest BCUT2D eigenvalue weighted by Gasteiger charge is -2.73. The van der Waals surface area contributed by atoms with Crippen LogP contribution >= 0.6 is 0 Å². The lowest BCUT2D eigenvalue weighted by Crippen LogP contribution is -2.67. The van der Waals surface area contributed by atoms with Crippen molar-refractivity contribution in [3.05, 3.63) is 12.2 Å². The Hall–Kier alpha value is -1.32. The summed E-state index contributed by atoms with van der Waals surface area (Å²) < 4.78 is 11.7. The predicted molar refractivity (Wildman–Crippen MR) is 151 cm³/mol. The molecule has 5 aliphatic carbocycles. The van der Waals surface area contributed by atoms with Gasteiger partial charge in [0.15, 0.2) is 0 Å². The summed E-state index contributed by atoms with van der Waals surface area (Å²) in [5.74, 6) is 2.76. The van der Waals surface area contributed by atoms with Crippen LogP contribution in [0.15, 0.2) is 12.2 Å². The van der Waals surface area contributed by atoms with Gasteiger partial charge in [-0.1, -0.05) is 46.8 Å². The van der Waals surface area contributed by atoms with Crippen molar-refractivity contribution in [1.82, 2.24) is 0 Å². The largest absolute Gasteiger partial charge is 0.465 e. The van der Waals surface area contributed by atoms with Gasteiger partial charge in [0.05, 0.1) is 6.61 Å². The fourth-order valence-electron chi connectivity index (χ4n) is 12.2. The molecule has 4 nitrogen and oxygen atoms in total. The van der Waals surface area contributed by atoms with E-state index in [4.69, 9.17) is 9.47 Å². The van der Waals surface area contributed by atoms with E-state index < -0.39 is 0 Å². The summed E-state index contributed by atoms with van der Waals surface area (Å²) in [6, 6.07) is 0. The first-order valence-electron chi connectivity index (χ1n) is 15.6. The van der Waals surface area contributed by atoms with Crippen LogP contribution < -0.4 is 0 Å². The Morgan fingerprint density at radius 1 is 0.763 bits per heavy atom. The molecule has 214 valence electrons. The number of hydrogen-bond acceptors (Lipinski definition) is 4. The van der Waals surface area contributed by atoms with Crippen molar-refractivity contribution in [2.24, 2.45) is 56.7 Å². The van der Waals surface area contributed by atoms with Gasteiger partial charge in [-0.15, -0.1) is 0 Å². The van der Waals surface area contributed by atoms with Crippen LogP contribution in [0.2, 0.25) is 0 Å². The van der Waals surface area contributed by atoms with Crippen molar-refractivity contribution in [2.75, 3.05) is 6.61 Å². The van der Waals surface area contributed by atoms with Gasteiger partial charge in [-0.05, 0) is 117 Å². The molecule has 38 heavy (non-hydrogen) atoms. The van der Waals surface area contributed by atoms with E-state index in [0.29, 0.717) is 41.6 Å². The van der Waals surface area contributed by atoms with Gasteiger partial charge in [-0.25, -0.2) is 0 Å². The molecule has 5 saturated carbocycles. The third-order valence-electron chi connectivity index (χ3n) is 14.0. The second-order valence-electron chi connectivity index (χ2n) is 15.8. The van der Waals surface area contributed by atoms with Crippen LogP contribution in [0.5, 0.6) is 0 Å². The van der Waals surface area contributed by atoms with E-state index in [-0.39, 0.29) is 39.7 Å². The topological polar surface area (TPSA) is 52.6 Å². The summed E-state index contributed by atoms with van der Waals surface area (Å²) in [6.07, 6.45) is 12.0. The van der Waals surface area contributed by atoms with Crippen molar-refractivity contribution < 1.29 is 19.1 Å². The fourth-order valence-corrected chi connectivity index (χ4v) is 12.2. The highest BCUT2D eigenvalue weighted by molar-refractivity contribution is 5.66. The van der Waals surface area contributed by atoms with E-state index in [9.17, 15) is 9.59 Å². The summed E-state index contributed by atoms with van der Waals surface area (Å²) >= 11 is 0. The van der Waals surface area contributed by atoms with Crippen molar-refractivity contribution in [3.63, 3.8) is 0 Å². The third-order valence-corrected chi connectivity index (χ3v) is 14.0. The average Bonchev–Trinajstić information content (AvgIpc) is 3.20. The number of ether oxygens (including phenoxy) is 2. The fraction of sp³-hybridized carbons (Fsp3) is 0.882. The van der Waals surface area contributed by atoms with E-state index in [0.717, 1.165) is 12.8 Å². The minimum atomic E-state index is -0.140. The number of esters is 2. The van der Waals surface area contributed by atoms with Crippen molar-refractivity contribution in [3.8, 4) is 0 Å². The second-order valence-corrected chi connectivity index (χ2v) is 15.8. The smallest absolute Gasteiger partial charge is 0.302 e. The molecule has 0 aliphatic heterocycles. The Bertz CT molecular complexity index is 998. The molecule has 5 rings (SSSR count). The zero-order chi connectivity index (χ0) is 27.9. The molecule has 0 bridgehead atoms. The maximum Gasteiger partial charge on any atom is 0.302 e. The Morgan fingerprint density at radius 3 is 2.11 bits per heavy atom. The number of fused-ring (bicyclic) bond motifs is 7. The van der Waals surface area contributed by atoms with E-state index >= 15 is 0 Å². The van der Waals surface area contributed by atoms with Gasteiger partial charge in [0.1, 0.15) is 6.10 Å². The minimum absolute atomic E-state index is 0.00000109. The molecule has 0 amide bonds. The summed E-state index contributed by atoms with van der Waals surface area (Å²) in [4.78, 5) is 23.8. The van der Waals surface area contributed by atoms with Crippen molar-refractivity contribution in [1.29, 1.82) is 0 Å². The van der Waals surface area contributed by atoms with E-state index in [2.05, 4.69) is 48.1 Å². The van der Waals surface area contributed by atoms with Crippen LogP contribution in [0.3, 0.4) is 0 Å². The van der Waals surface area contributed by atoms with Gasteiger partial charge in [-0.3, -0.25) is 9.59 Å². The second kappa shape index (κ2) is 9.10. The van der Waals surface area contributed by atoms with E-state index in [1.807, 2.05) is 0 Å². The van der Waals surface area contributed by atoms with Crippen LogP contribution in [0.1, 0.15) is 120 Å². The lowest BCUT2D eigenvalue weighted by molar-refractivity contribution is -0.252. The highest BCUT2D eigenvalue weighted by atomic mass is 16.5. The quantitative estimate of drug-likeness (QED) is 0.274. The number of allylic oxidation sites excluding steroid dienone is 1. The molecular formula is C34H54O4. The Morgan fingerprint density at radius 2 is 1.47 bits per heavy atom. The molecule has 0 radical (unpaired) electrons. The molecule has 5 fully saturated rings. The summed E-state index contributed by atoms with van der Waals surface area (Å²) in [7, 11) is 0.